The topological polar surface area (TPSA) is 57.4 Å². The predicted molar refractivity (Wildman–Crippen MR) is 113 cm³/mol. The van der Waals surface area contributed by atoms with Crippen LogP contribution in [0.5, 0.6) is 5.75 Å². The Morgan fingerprint density at radius 1 is 1.18 bits per heavy atom. The zero-order valence-electron chi connectivity index (χ0n) is 16.5. The molecule has 0 spiro atoms. The largest absolute Gasteiger partial charge is 0.497 e. The fourth-order valence-electron chi connectivity index (χ4n) is 3.93. The van der Waals surface area contributed by atoms with Gasteiger partial charge in [-0.15, -0.1) is 0 Å². The molecular weight excluding hydrogens is 350 g/mol. The molecule has 1 aliphatic heterocycles. The molecule has 5 nitrogen and oxygen atoms in total. The second-order valence-electron chi connectivity index (χ2n) is 7.61. The van der Waals surface area contributed by atoms with Crippen LogP contribution in [0.4, 0.5) is 0 Å². The van der Waals surface area contributed by atoms with Crippen LogP contribution < -0.4 is 15.6 Å². The number of rotatable bonds is 6. The van der Waals surface area contributed by atoms with Crippen molar-refractivity contribution in [3.8, 4) is 5.75 Å². The van der Waals surface area contributed by atoms with E-state index in [1.165, 1.54) is 11.1 Å². The van der Waals surface area contributed by atoms with Crippen LogP contribution in [0.15, 0.2) is 53.3 Å². The van der Waals surface area contributed by atoms with Crippen LogP contribution in [-0.2, 0) is 19.5 Å². The van der Waals surface area contributed by atoms with Gasteiger partial charge in [0.15, 0.2) is 0 Å². The molecule has 3 aromatic rings. The van der Waals surface area contributed by atoms with Crippen molar-refractivity contribution in [1.29, 1.82) is 0 Å². The maximum absolute atomic E-state index is 12.4. The molecule has 0 bridgehead atoms. The summed E-state index contributed by atoms with van der Waals surface area (Å²) in [6, 6.07) is 16.7. The van der Waals surface area contributed by atoms with Gasteiger partial charge in [0.2, 0.25) is 0 Å². The van der Waals surface area contributed by atoms with Gasteiger partial charge < -0.3 is 15.0 Å². The molecule has 2 heterocycles. The fourth-order valence-corrected chi connectivity index (χ4v) is 3.93. The van der Waals surface area contributed by atoms with Crippen molar-refractivity contribution in [3.05, 3.63) is 75.6 Å². The third-order valence-electron chi connectivity index (χ3n) is 5.51. The highest BCUT2D eigenvalue weighted by molar-refractivity contribution is 5.80. The first-order valence-corrected chi connectivity index (χ1v) is 9.85. The lowest BCUT2D eigenvalue weighted by molar-refractivity contribution is 0.229. The minimum absolute atomic E-state index is 0.0487. The number of aromatic nitrogens is 1. The molecule has 0 amide bonds. The van der Waals surface area contributed by atoms with Gasteiger partial charge in [-0.3, -0.25) is 9.69 Å². The SMILES string of the molecule is COc1ccc2cc(CNC(C)CN3CCc4ccccc4C3)c(=O)[nH]c2c1. The van der Waals surface area contributed by atoms with Crippen LogP contribution >= 0.6 is 0 Å². The minimum Gasteiger partial charge on any atom is -0.497 e. The average molecular weight is 377 g/mol. The van der Waals surface area contributed by atoms with Crippen LogP contribution in [0.2, 0.25) is 0 Å². The summed E-state index contributed by atoms with van der Waals surface area (Å²) in [5.74, 6) is 0.741. The molecule has 28 heavy (non-hydrogen) atoms. The summed E-state index contributed by atoms with van der Waals surface area (Å²) in [5.41, 5.74) is 4.41. The third-order valence-corrected chi connectivity index (χ3v) is 5.51. The number of methoxy groups -OCH3 is 1. The number of pyridine rings is 1. The molecule has 2 aromatic carbocycles. The Kier molecular flexibility index (Phi) is 5.46. The van der Waals surface area contributed by atoms with Gasteiger partial charge in [-0.2, -0.15) is 0 Å². The van der Waals surface area contributed by atoms with Crippen LogP contribution in [0.3, 0.4) is 0 Å². The molecule has 1 atom stereocenters. The third kappa shape index (κ3) is 4.11. The van der Waals surface area contributed by atoms with Crippen molar-refractivity contribution in [2.24, 2.45) is 0 Å². The minimum atomic E-state index is -0.0487. The van der Waals surface area contributed by atoms with E-state index in [-0.39, 0.29) is 5.56 Å². The van der Waals surface area contributed by atoms with E-state index in [0.717, 1.165) is 48.3 Å². The number of nitrogens with zero attached hydrogens (tertiary/aromatic N) is 1. The summed E-state index contributed by atoms with van der Waals surface area (Å²) in [6.07, 6.45) is 1.11. The van der Waals surface area contributed by atoms with E-state index in [0.29, 0.717) is 12.6 Å². The maximum atomic E-state index is 12.4. The van der Waals surface area contributed by atoms with E-state index in [9.17, 15) is 4.79 Å². The first-order valence-electron chi connectivity index (χ1n) is 9.85. The van der Waals surface area contributed by atoms with E-state index < -0.39 is 0 Å². The van der Waals surface area contributed by atoms with E-state index in [1.807, 2.05) is 24.3 Å². The molecule has 1 unspecified atom stereocenters. The smallest absolute Gasteiger partial charge is 0.252 e. The number of nitrogens with one attached hydrogen (secondary N) is 2. The van der Waals surface area contributed by atoms with E-state index in [4.69, 9.17) is 4.74 Å². The first-order chi connectivity index (χ1) is 13.6. The Labute approximate surface area is 165 Å². The van der Waals surface area contributed by atoms with E-state index in [2.05, 4.69) is 46.4 Å². The van der Waals surface area contributed by atoms with Crippen LogP contribution in [0.25, 0.3) is 10.9 Å². The van der Waals surface area contributed by atoms with Crippen LogP contribution in [-0.4, -0.2) is 36.1 Å². The summed E-state index contributed by atoms with van der Waals surface area (Å²) in [5, 5.41) is 4.52. The number of hydrogen-bond acceptors (Lipinski definition) is 4. The van der Waals surface area contributed by atoms with Crippen molar-refractivity contribution >= 4 is 10.9 Å². The molecule has 146 valence electrons. The fraction of sp³-hybridized carbons (Fsp3) is 0.348. The lowest BCUT2D eigenvalue weighted by Crippen LogP contribution is -2.41. The Balaban J connectivity index is 1.38. The van der Waals surface area contributed by atoms with Gasteiger partial charge >= 0.3 is 0 Å². The van der Waals surface area contributed by atoms with Crippen molar-refractivity contribution in [2.45, 2.75) is 32.5 Å². The maximum Gasteiger partial charge on any atom is 0.252 e. The van der Waals surface area contributed by atoms with Gasteiger partial charge in [0, 0.05) is 43.9 Å². The van der Waals surface area contributed by atoms with E-state index >= 15 is 0 Å². The quantitative estimate of drug-likeness (QED) is 0.693. The molecule has 1 aromatic heterocycles. The van der Waals surface area contributed by atoms with Gasteiger partial charge in [-0.05, 0) is 48.1 Å². The average Bonchev–Trinajstić information content (AvgIpc) is 2.71. The van der Waals surface area contributed by atoms with Crippen molar-refractivity contribution in [1.82, 2.24) is 15.2 Å². The number of H-pyrrole nitrogens is 1. The van der Waals surface area contributed by atoms with Gasteiger partial charge in [-0.25, -0.2) is 0 Å². The number of hydrogen-bond donors (Lipinski definition) is 2. The molecule has 0 fully saturated rings. The standard InChI is InChI=1S/C23H27N3O2/c1-16(14-26-10-9-17-5-3-4-6-19(17)15-26)24-13-20-11-18-7-8-21(28-2)12-22(18)25-23(20)27/h3-8,11-12,16,24H,9-10,13-15H2,1-2H3,(H,25,27). The van der Waals surface area contributed by atoms with Gasteiger partial charge in [0.1, 0.15) is 5.75 Å². The monoisotopic (exact) mass is 377 g/mol. The van der Waals surface area contributed by atoms with Crippen LogP contribution in [0, 0.1) is 0 Å². The summed E-state index contributed by atoms with van der Waals surface area (Å²) in [7, 11) is 1.62. The van der Waals surface area contributed by atoms with Crippen molar-refractivity contribution < 1.29 is 4.74 Å². The molecule has 5 heteroatoms. The van der Waals surface area contributed by atoms with Gasteiger partial charge in [0.25, 0.3) is 5.56 Å². The Hall–Kier alpha value is -2.63. The summed E-state index contributed by atoms with van der Waals surface area (Å²) < 4.78 is 5.23. The zero-order valence-corrected chi connectivity index (χ0v) is 16.5. The number of benzene rings is 2. The highest BCUT2D eigenvalue weighted by Crippen LogP contribution is 2.19. The van der Waals surface area contributed by atoms with Crippen molar-refractivity contribution in [2.75, 3.05) is 20.2 Å². The lowest BCUT2D eigenvalue weighted by Gasteiger charge is -2.31. The molecule has 4 rings (SSSR count). The number of fused-ring (bicyclic) bond motifs is 2. The Bertz CT molecular complexity index is 1030. The second kappa shape index (κ2) is 8.17. The van der Waals surface area contributed by atoms with Crippen LogP contribution in [0.1, 0.15) is 23.6 Å². The van der Waals surface area contributed by atoms with Crippen molar-refractivity contribution in [3.63, 3.8) is 0 Å². The Morgan fingerprint density at radius 3 is 2.82 bits per heavy atom. The molecular formula is C23H27N3O2. The lowest BCUT2D eigenvalue weighted by atomic mass is 9.99. The number of aromatic amines is 1. The number of ether oxygens (including phenoxy) is 1. The summed E-state index contributed by atoms with van der Waals surface area (Å²) in [6.45, 7) is 5.79. The first kappa shape index (κ1) is 18.7. The van der Waals surface area contributed by atoms with Gasteiger partial charge in [-0.1, -0.05) is 24.3 Å². The second-order valence-corrected chi connectivity index (χ2v) is 7.61. The molecule has 0 saturated heterocycles. The summed E-state index contributed by atoms with van der Waals surface area (Å²) in [4.78, 5) is 17.9. The predicted octanol–water partition coefficient (Wildman–Crippen LogP) is 3.07. The van der Waals surface area contributed by atoms with Gasteiger partial charge in [0.05, 0.1) is 12.6 Å². The highest BCUT2D eigenvalue weighted by Gasteiger charge is 2.17. The summed E-state index contributed by atoms with van der Waals surface area (Å²) >= 11 is 0. The molecule has 0 aliphatic carbocycles. The normalized spacial score (nSPS) is 15.4. The highest BCUT2D eigenvalue weighted by atomic mass is 16.5. The van der Waals surface area contributed by atoms with E-state index in [1.54, 1.807) is 7.11 Å². The molecule has 2 N–H and O–H groups in total. The zero-order chi connectivity index (χ0) is 19.5. The molecule has 0 radical (unpaired) electrons. The Morgan fingerprint density at radius 2 is 2.00 bits per heavy atom. The molecule has 0 saturated carbocycles. The molecule has 1 aliphatic rings.